The van der Waals surface area contributed by atoms with Gasteiger partial charge in [0.2, 0.25) is 9.67 Å². The highest BCUT2D eigenvalue weighted by atomic mass is 35.5. The number of rotatable bonds is 8. The lowest BCUT2D eigenvalue weighted by molar-refractivity contribution is 0.346. The minimum absolute atomic E-state index is 0.0999. The van der Waals surface area contributed by atoms with Crippen LogP contribution in [0.25, 0.3) is 0 Å². The zero-order chi connectivity index (χ0) is 16.4. The molecule has 0 aliphatic heterocycles. The molecule has 1 aromatic heterocycles. The van der Waals surface area contributed by atoms with E-state index in [4.69, 9.17) is 45.4 Å². The van der Waals surface area contributed by atoms with Crippen LogP contribution in [-0.2, 0) is 4.74 Å². The highest BCUT2D eigenvalue weighted by Crippen LogP contribution is 2.23. The van der Waals surface area contributed by atoms with Gasteiger partial charge in [-0.05, 0) is 43.6 Å². The Morgan fingerprint density at radius 1 is 1.50 bits per heavy atom. The molecule has 1 atom stereocenters. The molecule has 1 aromatic rings. The van der Waals surface area contributed by atoms with Crippen LogP contribution >= 0.6 is 47.2 Å². The molecule has 0 saturated carbocycles. The Kier molecular flexibility index (Phi) is 9.48. The quantitative estimate of drug-likeness (QED) is 0.410. The van der Waals surface area contributed by atoms with Crippen molar-refractivity contribution in [1.29, 1.82) is 5.26 Å². The molecule has 0 aromatic carbocycles. The van der Waals surface area contributed by atoms with Gasteiger partial charge in [0.05, 0.1) is 12.7 Å². The molecule has 0 amide bonds. The van der Waals surface area contributed by atoms with Crippen LogP contribution in [0.15, 0.2) is 6.07 Å². The van der Waals surface area contributed by atoms with Crippen LogP contribution in [0.3, 0.4) is 0 Å². The molecule has 120 valence electrons. The molecule has 0 saturated heterocycles. The largest absolute Gasteiger partial charge is 0.479 e. The van der Waals surface area contributed by atoms with E-state index in [0.717, 1.165) is 12.8 Å². The van der Waals surface area contributed by atoms with Gasteiger partial charge in [-0.25, -0.2) is 9.97 Å². The Morgan fingerprint density at radius 2 is 2.27 bits per heavy atom. The van der Waals surface area contributed by atoms with Crippen LogP contribution in [0.1, 0.15) is 26.2 Å². The number of halogens is 2. The van der Waals surface area contributed by atoms with Gasteiger partial charge in [-0.15, -0.1) is 0 Å². The van der Waals surface area contributed by atoms with Crippen molar-refractivity contribution in [1.82, 2.24) is 9.97 Å². The van der Waals surface area contributed by atoms with E-state index in [1.165, 1.54) is 11.8 Å². The van der Waals surface area contributed by atoms with E-state index in [2.05, 4.69) is 21.4 Å². The second kappa shape index (κ2) is 10.8. The predicted octanol–water partition coefficient (Wildman–Crippen LogP) is 4.31. The van der Waals surface area contributed by atoms with Gasteiger partial charge in [-0.2, -0.15) is 5.26 Å². The number of hydrogen-bond acceptors (Lipinski definition) is 7. The predicted molar refractivity (Wildman–Crippen MR) is 95.6 cm³/mol. The fourth-order valence-electron chi connectivity index (χ4n) is 1.62. The second-order valence-corrected chi connectivity index (χ2v) is 6.81. The Labute approximate surface area is 149 Å². The molecule has 1 unspecified atom stereocenters. The van der Waals surface area contributed by atoms with Gasteiger partial charge in [-0.3, -0.25) is 0 Å². The standard InChI is InChI=1S/C13H16Cl2N4OS2/c1-2-20-13(21)22-9(4-3-6-16)5-7-17-11-8-10(14)18-12(15)19-11/h8-9H,2-5,7H2,1H3,(H,17,18,19). The van der Waals surface area contributed by atoms with Crippen molar-refractivity contribution in [3.05, 3.63) is 16.5 Å². The minimum atomic E-state index is 0.0999. The molecular weight excluding hydrogens is 363 g/mol. The molecule has 1 rings (SSSR count). The maximum absolute atomic E-state index is 8.73. The first-order chi connectivity index (χ1) is 10.5. The van der Waals surface area contributed by atoms with Crippen LogP contribution in [-0.4, -0.2) is 32.8 Å². The summed E-state index contributed by atoms with van der Waals surface area (Å²) in [5.74, 6) is 0.571. The Balaban J connectivity index is 2.48. The number of thioether (sulfide) groups is 1. The summed E-state index contributed by atoms with van der Waals surface area (Å²) in [4.78, 5) is 7.82. The number of thiocarbonyl (C=S) groups is 1. The SMILES string of the molecule is CCOC(=S)SC(CCC#N)CCNc1cc(Cl)nc(Cl)n1. The van der Waals surface area contributed by atoms with E-state index in [9.17, 15) is 0 Å². The van der Waals surface area contributed by atoms with Crippen molar-refractivity contribution >= 4 is 57.4 Å². The molecule has 0 fully saturated rings. The summed E-state index contributed by atoms with van der Waals surface area (Å²) in [5.41, 5.74) is 0. The van der Waals surface area contributed by atoms with E-state index in [-0.39, 0.29) is 15.7 Å². The molecule has 22 heavy (non-hydrogen) atoms. The van der Waals surface area contributed by atoms with E-state index >= 15 is 0 Å². The molecule has 0 bridgehead atoms. The highest BCUT2D eigenvalue weighted by Gasteiger charge is 2.13. The van der Waals surface area contributed by atoms with E-state index in [1.54, 1.807) is 6.07 Å². The lowest BCUT2D eigenvalue weighted by Crippen LogP contribution is -2.14. The average molecular weight is 379 g/mol. The summed E-state index contributed by atoms with van der Waals surface area (Å²) in [6.45, 7) is 3.09. The van der Waals surface area contributed by atoms with Gasteiger partial charge in [-0.1, -0.05) is 23.4 Å². The van der Waals surface area contributed by atoms with Gasteiger partial charge in [0, 0.05) is 24.3 Å². The third-order valence-electron chi connectivity index (χ3n) is 2.54. The van der Waals surface area contributed by atoms with Crippen LogP contribution < -0.4 is 5.32 Å². The third kappa shape index (κ3) is 7.99. The lowest BCUT2D eigenvalue weighted by Gasteiger charge is -2.16. The van der Waals surface area contributed by atoms with Crippen molar-refractivity contribution < 1.29 is 4.74 Å². The molecular formula is C13H16Cl2N4OS2. The molecule has 0 aliphatic carbocycles. The van der Waals surface area contributed by atoms with Crippen molar-refractivity contribution in [3.63, 3.8) is 0 Å². The van der Waals surface area contributed by atoms with Gasteiger partial charge in [0.15, 0.2) is 0 Å². The van der Waals surface area contributed by atoms with Gasteiger partial charge in [0.25, 0.3) is 0 Å². The maximum atomic E-state index is 8.73. The number of aromatic nitrogens is 2. The van der Waals surface area contributed by atoms with E-state index < -0.39 is 0 Å². The number of nitrogens with one attached hydrogen (secondary N) is 1. The summed E-state index contributed by atoms with van der Waals surface area (Å²) < 4.78 is 5.80. The summed E-state index contributed by atoms with van der Waals surface area (Å²) in [7, 11) is 0. The fraction of sp³-hybridized carbons (Fsp3) is 0.538. The van der Waals surface area contributed by atoms with Crippen molar-refractivity contribution in [2.45, 2.75) is 31.4 Å². The Hall–Kier alpha value is -0.810. The summed E-state index contributed by atoms with van der Waals surface area (Å²) >= 11 is 18.2. The zero-order valence-corrected chi connectivity index (χ0v) is 15.2. The minimum Gasteiger partial charge on any atom is -0.479 e. The van der Waals surface area contributed by atoms with Crippen LogP contribution in [0.5, 0.6) is 0 Å². The van der Waals surface area contributed by atoms with Crippen LogP contribution in [0.2, 0.25) is 10.4 Å². The highest BCUT2D eigenvalue weighted by molar-refractivity contribution is 8.23. The molecule has 9 heteroatoms. The molecule has 5 nitrogen and oxygen atoms in total. The molecule has 0 radical (unpaired) electrons. The number of nitrogens with zero attached hydrogens (tertiary/aromatic N) is 3. The average Bonchev–Trinajstić information content (AvgIpc) is 2.43. The maximum Gasteiger partial charge on any atom is 0.225 e. The van der Waals surface area contributed by atoms with Crippen molar-refractivity contribution in [2.24, 2.45) is 0 Å². The Bertz CT molecular complexity index is 519. The summed E-state index contributed by atoms with van der Waals surface area (Å²) in [6, 6.07) is 3.76. The molecule has 1 heterocycles. The smallest absolute Gasteiger partial charge is 0.225 e. The van der Waals surface area contributed by atoms with Gasteiger partial charge in [0.1, 0.15) is 11.0 Å². The molecule has 0 spiro atoms. The lowest BCUT2D eigenvalue weighted by atomic mass is 10.2. The van der Waals surface area contributed by atoms with Gasteiger partial charge >= 0.3 is 0 Å². The molecule has 1 N–H and O–H groups in total. The van der Waals surface area contributed by atoms with Gasteiger partial charge < -0.3 is 10.1 Å². The van der Waals surface area contributed by atoms with Crippen molar-refractivity contribution in [3.8, 4) is 6.07 Å². The van der Waals surface area contributed by atoms with Crippen molar-refractivity contribution in [2.75, 3.05) is 18.5 Å². The first kappa shape index (κ1) is 19.2. The third-order valence-corrected chi connectivity index (χ3v) is 4.43. The van der Waals surface area contributed by atoms with E-state index in [1.807, 2.05) is 6.92 Å². The topological polar surface area (TPSA) is 70.8 Å². The first-order valence-corrected chi connectivity index (χ1v) is 8.73. The number of anilines is 1. The number of ether oxygens (including phenoxy) is 1. The summed E-state index contributed by atoms with van der Waals surface area (Å²) in [5, 5.41) is 12.5. The monoisotopic (exact) mass is 378 g/mol. The first-order valence-electron chi connectivity index (χ1n) is 6.69. The Morgan fingerprint density at radius 3 is 2.91 bits per heavy atom. The fourth-order valence-corrected chi connectivity index (χ4v) is 3.48. The van der Waals surface area contributed by atoms with Crippen LogP contribution in [0, 0.1) is 11.3 Å². The van der Waals surface area contributed by atoms with Crippen LogP contribution in [0.4, 0.5) is 5.82 Å². The number of nitriles is 1. The van der Waals surface area contributed by atoms with E-state index in [0.29, 0.717) is 29.8 Å². The zero-order valence-electron chi connectivity index (χ0n) is 12.0. The summed E-state index contributed by atoms with van der Waals surface area (Å²) in [6.07, 6.45) is 2.04. The molecule has 0 aliphatic rings. The normalized spacial score (nSPS) is 11.5. The number of hydrogen-bond donors (Lipinski definition) is 1. The second-order valence-electron chi connectivity index (χ2n) is 4.18.